The summed E-state index contributed by atoms with van der Waals surface area (Å²) in [5.74, 6) is 0. The second-order valence-corrected chi connectivity index (χ2v) is 10.6. The maximum atomic E-state index is 2.37. The number of rotatable bonds is 1. The van der Waals surface area contributed by atoms with Gasteiger partial charge in [0.15, 0.2) is 0 Å². The fraction of sp³-hybridized carbons (Fsp3) is 0.571. The molecular weight excluding hydrogens is 196 g/mol. The van der Waals surface area contributed by atoms with E-state index >= 15 is 0 Å². The van der Waals surface area contributed by atoms with Crippen LogP contribution in [0, 0.1) is 0 Å². The Morgan fingerprint density at radius 3 is 1.47 bits per heavy atom. The molecule has 84 valence electrons. The molecule has 0 bridgehead atoms. The van der Waals surface area contributed by atoms with Crippen molar-refractivity contribution in [3.05, 3.63) is 30.3 Å². The average molecular weight is 219 g/mol. The maximum absolute atomic E-state index is 2.37. The van der Waals surface area contributed by atoms with E-state index in [2.05, 4.69) is 71.9 Å². The first kappa shape index (κ1) is 12.5. The molecule has 0 unspecified atom stereocenters. The minimum Gasteiger partial charge on any atom is -0.272 e. The van der Waals surface area contributed by atoms with Crippen molar-refractivity contribution in [2.45, 2.75) is 51.6 Å². The van der Waals surface area contributed by atoms with Gasteiger partial charge in [0.25, 0.3) is 0 Å². The van der Waals surface area contributed by atoms with Crippen LogP contribution in [0.4, 0.5) is 0 Å². The van der Waals surface area contributed by atoms with Crippen molar-refractivity contribution in [1.29, 1.82) is 0 Å². The summed E-state index contributed by atoms with van der Waals surface area (Å²) in [6.45, 7) is 14.2. The molecule has 0 aliphatic carbocycles. The first-order valence-electron chi connectivity index (χ1n) is 5.66. The van der Waals surface area contributed by atoms with Crippen LogP contribution in [-0.4, -0.2) is 8.80 Å². The van der Waals surface area contributed by atoms with Crippen LogP contribution in [0.25, 0.3) is 0 Å². The molecule has 0 amide bonds. The van der Waals surface area contributed by atoms with Gasteiger partial charge in [-0.3, -0.25) is 8.80 Å². The lowest BCUT2D eigenvalue weighted by molar-refractivity contribution is 0.653. The van der Waals surface area contributed by atoms with Crippen LogP contribution in [0.5, 0.6) is 0 Å². The molecule has 0 saturated carbocycles. The van der Waals surface area contributed by atoms with E-state index in [9.17, 15) is 0 Å². The van der Waals surface area contributed by atoms with Crippen molar-refractivity contribution in [2.24, 2.45) is 0 Å². The highest BCUT2D eigenvalue weighted by molar-refractivity contribution is 6.78. The molecule has 15 heavy (non-hydrogen) atoms. The third-order valence-electron chi connectivity index (χ3n) is 2.56. The monoisotopic (exact) mass is 219 g/mol. The van der Waals surface area contributed by atoms with Crippen LogP contribution in [0.2, 0.25) is 10.1 Å². The van der Waals surface area contributed by atoms with Crippen LogP contribution < -0.4 is 5.19 Å². The molecule has 0 aromatic heterocycles. The van der Waals surface area contributed by atoms with Crippen molar-refractivity contribution in [2.75, 3.05) is 0 Å². The van der Waals surface area contributed by atoms with E-state index in [0.29, 0.717) is 10.1 Å². The molecular formula is C14H23Si-. The zero-order valence-electron chi connectivity index (χ0n) is 10.9. The van der Waals surface area contributed by atoms with Gasteiger partial charge < -0.3 is 0 Å². The van der Waals surface area contributed by atoms with E-state index in [-0.39, 0.29) is 0 Å². The predicted molar refractivity (Wildman–Crippen MR) is 71.3 cm³/mol. The maximum Gasteiger partial charge on any atom is -0.0625 e. The summed E-state index contributed by atoms with van der Waals surface area (Å²) >= 11 is 0. The van der Waals surface area contributed by atoms with Gasteiger partial charge in [-0.2, -0.15) is 15.3 Å². The summed E-state index contributed by atoms with van der Waals surface area (Å²) in [6.07, 6.45) is 0. The fourth-order valence-electron chi connectivity index (χ4n) is 2.60. The van der Waals surface area contributed by atoms with Gasteiger partial charge in [-0.25, -0.2) is 0 Å². The molecule has 0 aliphatic heterocycles. The Bertz CT molecular complexity index is 286. The Morgan fingerprint density at radius 2 is 1.13 bits per heavy atom. The Kier molecular flexibility index (Phi) is 3.44. The Morgan fingerprint density at radius 1 is 0.733 bits per heavy atom. The van der Waals surface area contributed by atoms with Crippen molar-refractivity contribution in [1.82, 2.24) is 0 Å². The molecule has 1 heteroatoms. The molecule has 0 spiro atoms. The summed E-state index contributed by atoms with van der Waals surface area (Å²) in [5.41, 5.74) is 0. The van der Waals surface area contributed by atoms with Gasteiger partial charge in [-0.1, -0.05) is 71.9 Å². The summed E-state index contributed by atoms with van der Waals surface area (Å²) in [6, 6.07) is 11.0. The zero-order valence-corrected chi connectivity index (χ0v) is 11.9. The van der Waals surface area contributed by atoms with E-state index in [1.165, 1.54) is 0 Å². The van der Waals surface area contributed by atoms with Crippen molar-refractivity contribution < 1.29 is 0 Å². The Balaban J connectivity index is 3.15. The molecule has 0 saturated heterocycles. The van der Waals surface area contributed by atoms with E-state index < -0.39 is 8.80 Å². The molecule has 0 heterocycles. The molecule has 1 aromatic carbocycles. The topological polar surface area (TPSA) is 0 Å². The Labute approximate surface area is 96.3 Å². The predicted octanol–water partition coefficient (Wildman–Crippen LogP) is 3.99. The standard InChI is InChI=1S/C14H23Si/c1-13(2,3)15(14(4,5)6)12-10-8-7-9-11-12/h7-11H,1-6H3/q-1. The van der Waals surface area contributed by atoms with Crippen molar-refractivity contribution in [3.63, 3.8) is 0 Å². The molecule has 0 N–H and O–H groups in total. The van der Waals surface area contributed by atoms with Gasteiger partial charge in [-0.15, -0.1) is 0 Å². The van der Waals surface area contributed by atoms with E-state index in [4.69, 9.17) is 0 Å². The summed E-state index contributed by atoms with van der Waals surface area (Å²) < 4.78 is 0. The number of hydrogen-bond donors (Lipinski definition) is 0. The summed E-state index contributed by atoms with van der Waals surface area (Å²) in [7, 11) is -0.553. The summed E-state index contributed by atoms with van der Waals surface area (Å²) in [4.78, 5) is 0. The van der Waals surface area contributed by atoms with Crippen LogP contribution >= 0.6 is 0 Å². The fourth-order valence-corrected chi connectivity index (χ4v) is 7.10. The molecule has 1 aromatic rings. The normalized spacial score (nSPS) is 12.7. The van der Waals surface area contributed by atoms with Crippen LogP contribution in [0.1, 0.15) is 41.5 Å². The lowest BCUT2D eigenvalue weighted by Gasteiger charge is -2.55. The first-order valence-corrected chi connectivity index (χ1v) is 7.16. The highest BCUT2D eigenvalue weighted by Gasteiger charge is 2.22. The molecule has 0 nitrogen and oxygen atoms in total. The number of benzene rings is 1. The smallest absolute Gasteiger partial charge is 0.0625 e. The largest absolute Gasteiger partial charge is 0.272 e. The molecule has 1 rings (SSSR count). The highest BCUT2D eigenvalue weighted by Crippen LogP contribution is 2.41. The summed E-state index contributed by atoms with van der Waals surface area (Å²) in [5, 5.41) is 2.37. The molecule has 0 radical (unpaired) electrons. The van der Waals surface area contributed by atoms with E-state index in [1.54, 1.807) is 5.19 Å². The lowest BCUT2D eigenvalue weighted by Crippen LogP contribution is -2.45. The highest BCUT2D eigenvalue weighted by atomic mass is 28.3. The van der Waals surface area contributed by atoms with E-state index in [0.717, 1.165) is 0 Å². The van der Waals surface area contributed by atoms with Crippen molar-refractivity contribution >= 4 is 14.0 Å². The minimum absolute atomic E-state index is 0.407. The van der Waals surface area contributed by atoms with Gasteiger partial charge in [0.1, 0.15) is 0 Å². The second kappa shape index (κ2) is 4.13. The van der Waals surface area contributed by atoms with Crippen LogP contribution in [-0.2, 0) is 0 Å². The number of hydrogen-bond acceptors (Lipinski definition) is 0. The molecule has 0 atom stereocenters. The second-order valence-electron chi connectivity index (χ2n) is 6.24. The van der Waals surface area contributed by atoms with Gasteiger partial charge in [-0.05, 0) is 0 Å². The van der Waals surface area contributed by atoms with Crippen LogP contribution in [0.3, 0.4) is 0 Å². The minimum atomic E-state index is -0.553. The third kappa shape index (κ3) is 3.20. The Hall–Kier alpha value is -0.563. The average Bonchev–Trinajstić information content (AvgIpc) is 2.00. The molecule has 0 fully saturated rings. The third-order valence-corrected chi connectivity index (χ3v) is 6.47. The van der Waals surface area contributed by atoms with Gasteiger partial charge in [0.05, 0.1) is 0 Å². The van der Waals surface area contributed by atoms with Crippen molar-refractivity contribution in [3.8, 4) is 0 Å². The zero-order chi connectivity index (χ0) is 11.7. The first-order chi connectivity index (χ1) is 6.73. The van der Waals surface area contributed by atoms with Gasteiger partial charge >= 0.3 is 0 Å². The molecule has 0 aliphatic rings. The van der Waals surface area contributed by atoms with E-state index in [1.807, 2.05) is 0 Å². The SMILES string of the molecule is CC(C)(C)[Si-](c1ccccc1)C(C)(C)C. The van der Waals surface area contributed by atoms with Crippen LogP contribution in [0.15, 0.2) is 30.3 Å². The van der Waals surface area contributed by atoms with Gasteiger partial charge in [0.2, 0.25) is 0 Å². The lowest BCUT2D eigenvalue weighted by atomic mass is 10.2. The van der Waals surface area contributed by atoms with Gasteiger partial charge in [0, 0.05) is 0 Å². The quantitative estimate of drug-likeness (QED) is 0.627.